The molecule has 0 bridgehead atoms. The van der Waals surface area contributed by atoms with Crippen LogP contribution < -0.4 is 0 Å². The summed E-state index contributed by atoms with van der Waals surface area (Å²) in [4.78, 5) is 13.8. The average Bonchev–Trinajstić information content (AvgIpc) is 2.12. The second kappa shape index (κ2) is 5.35. The first-order valence-corrected chi connectivity index (χ1v) is 5.64. The minimum absolute atomic E-state index is 0.00393. The van der Waals surface area contributed by atoms with Crippen LogP contribution in [0.3, 0.4) is 0 Å². The van der Waals surface area contributed by atoms with Gasteiger partial charge in [0, 0.05) is 13.1 Å². The van der Waals surface area contributed by atoms with Gasteiger partial charge in [0.25, 0.3) is 0 Å². The smallest absolute Gasteiger partial charge is 0.309 e. The number of nitrogens with zero attached hydrogens (tertiary/aromatic N) is 1. The first-order valence-electron chi connectivity index (χ1n) is 5.64. The molecule has 0 aliphatic carbocycles. The molecular weight excluding hydrogens is 178 g/mol. The third-order valence-electron chi connectivity index (χ3n) is 2.97. The van der Waals surface area contributed by atoms with E-state index < -0.39 is 0 Å². The number of hydrogen-bond acceptors (Lipinski definition) is 3. The van der Waals surface area contributed by atoms with E-state index in [0.717, 1.165) is 32.5 Å². The molecule has 0 atom stereocenters. The zero-order valence-corrected chi connectivity index (χ0v) is 9.45. The number of hydrogen-bond donors (Lipinski definition) is 0. The third kappa shape index (κ3) is 2.71. The second-order valence-electron chi connectivity index (χ2n) is 3.92. The molecule has 0 aromatic heterocycles. The van der Waals surface area contributed by atoms with E-state index in [9.17, 15) is 4.79 Å². The second-order valence-corrected chi connectivity index (χ2v) is 3.92. The third-order valence-corrected chi connectivity index (χ3v) is 2.97. The van der Waals surface area contributed by atoms with Gasteiger partial charge in [-0.25, -0.2) is 0 Å². The van der Waals surface area contributed by atoms with Gasteiger partial charge in [-0.1, -0.05) is 20.8 Å². The molecule has 0 aromatic rings. The molecule has 1 rings (SSSR count). The maximum atomic E-state index is 11.6. The quantitative estimate of drug-likeness (QED) is 0.631. The highest BCUT2D eigenvalue weighted by Crippen LogP contribution is 2.16. The Balaban J connectivity index is 2.21. The zero-order chi connectivity index (χ0) is 10.6. The highest BCUT2D eigenvalue weighted by Gasteiger charge is 2.30. The Bertz CT molecular complexity index is 184. The van der Waals surface area contributed by atoms with Crippen molar-refractivity contribution in [1.82, 2.24) is 4.90 Å². The Morgan fingerprint density at radius 2 is 1.93 bits per heavy atom. The maximum Gasteiger partial charge on any atom is 0.309 e. The molecule has 1 saturated heterocycles. The van der Waals surface area contributed by atoms with Gasteiger partial charge in [0.15, 0.2) is 0 Å². The van der Waals surface area contributed by atoms with Crippen LogP contribution in [0.15, 0.2) is 0 Å². The molecule has 3 nitrogen and oxygen atoms in total. The summed E-state index contributed by atoms with van der Waals surface area (Å²) >= 11 is 0. The fourth-order valence-electron chi connectivity index (χ4n) is 1.74. The van der Waals surface area contributed by atoms with Crippen molar-refractivity contribution in [1.29, 1.82) is 0 Å². The van der Waals surface area contributed by atoms with Crippen molar-refractivity contribution in [2.24, 2.45) is 5.92 Å². The van der Waals surface area contributed by atoms with Gasteiger partial charge in [-0.3, -0.25) is 9.69 Å². The van der Waals surface area contributed by atoms with E-state index in [0.29, 0.717) is 0 Å². The summed E-state index contributed by atoms with van der Waals surface area (Å²) in [5.74, 6) is 0.0985. The zero-order valence-electron chi connectivity index (χ0n) is 9.45. The molecule has 1 heterocycles. The van der Waals surface area contributed by atoms with E-state index >= 15 is 0 Å². The van der Waals surface area contributed by atoms with Crippen LogP contribution in [0.4, 0.5) is 0 Å². The fraction of sp³-hybridized carbons (Fsp3) is 0.909. The largest absolute Gasteiger partial charge is 0.459 e. The van der Waals surface area contributed by atoms with Crippen molar-refractivity contribution in [2.75, 3.05) is 19.6 Å². The first kappa shape index (κ1) is 11.5. The molecule has 0 unspecified atom stereocenters. The normalized spacial score (nSPS) is 18.3. The maximum absolute atomic E-state index is 11.6. The van der Waals surface area contributed by atoms with Crippen molar-refractivity contribution < 1.29 is 9.53 Å². The lowest BCUT2D eigenvalue weighted by atomic mass is 10.0. The molecule has 14 heavy (non-hydrogen) atoms. The van der Waals surface area contributed by atoms with E-state index in [-0.39, 0.29) is 18.0 Å². The highest BCUT2D eigenvalue weighted by atomic mass is 16.5. The summed E-state index contributed by atoms with van der Waals surface area (Å²) in [5.41, 5.74) is 0. The molecular formula is C11H21NO2. The summed E-state index contributed by atoms with van der Waals surface area (Å²) < 4.78 is 5.38. The van der Waals surface area contributed by atoms with E-state index in [4.69, 9.17) is 4.74 Å². The van der Waals surface area contributed by atoms with Crippen molar-refractivity contribution in [3.63, 3.8) is 0 Å². The number of rotatable bonds is 5. The van der Waals surface area contributed by atoms with Gasteiger partial charge in [-0.15, -0.1) is 0 Å². The molecule has 0 saturated carbocycles. The van der Waals surface area contributed by atoms with Crippen LogP contribution in [0.5, 0.6) is 0 Å². The molecule has 0 amide bonds. The summed E-state index contributed by atoms with van der Waals surface area (Å²) in [5, 5.41) is 0. The lowest BCUT2D eigenvalue weighted by Crippen LogP contribution is -2.52. The number of esters is 1. The number of likely N-dealkylation sites (N-methyl/N-ethyl adjacent to an activating group) is 1. The van der Waals surface area contributed by atoms with Gasteiger partial charge in [0.1, 0.15) is 6.10 Å². The number of ether oxygens (including phenoxy) is 1. The predicted octanol–water partition coefficient (Wildman–Crippen LogP) is 1.67. The molecule has 0 aromatic carbocycles. The van der Waals surface area contributed by atoms with Crippen molar-refractivity contribution in [3.05, 3.63) is 0 Å². The van der Waals surface area contributed by atoms with Gasteiger partial charge in [-0.05, 0) is 19.4 Å². The van der Waals surface area contributed by atoms with Gasteiger partial charge >= 0.3 is 5.97 Å². The highest BCUT2D eigenvalue weighted by molar-refractivity contribution is 5.72. The average molecular weight is 199 g/mol. The molecule has 82 valence electrons. The Morgan fingerprint density at radius 1 is 1.36 bits per heavy atom. The molecule has 1 fully saturated rings. The van der Waals surface area contributed by atoms with Crippen LogP contribution in [-0.2, 0) is 9.53 Å². The monoisotopic (exact) mass is 199 g/mol. The van der Waals surface area contributed by atoms with Crippen LogP contribution in [0.25, 0.3) is 0 Å². The Morgan fingerprint density at radius 3 is 2.36 bits per heavy atom. The Kier molecular flexibility index (Phi) is 4.39. The minimum atomic E-state index is -0.00393. The number of carbonyl (C=O) groups excluding carboxylic acids is 1. The van der Waals surface area contributed by atoms with Crippen molar-refractivity contribution in [2.45, 2.75) is 39.7 Å². The fourth-order valence-corrected chi connectivity index (χ4v) is 1.74. The van der Waals surface area contributed by atoms with Crippen LogP contribution >= 0.6 is 0 Å². The Labute approximate surface area is 86.4 Å². The summed E-state index contributed by atoms with van der Waals surface area (Å²) in [6.45, 7) is 9.09. The van der Waals surface area contributed by atoms with E-state index in [2.05, 4.69) is 11.8 Å². The van der Waals surface area contributed by atoms with Gasteiger partial charge < -0.3 is 4.74 Å². The van der Waals surface area contributed by atoms with Gasteiger partial charge in [-0.2, -0.15) is 0 Å². The topological polar surface area (TPSA) is 29.5 Å². The lowest BCUT2D eigenvalue weighted by molar-refractivity contribution is -0.162. The van der Waals surface area contributed by atoms with Crippen LogP contribution in [0.1, 0.15) is 33.6 Å². The van der Waals surface area contributed by atoms with Crippen molar-refractivity contribution >= 4 is 5.97 Å². The van der Waals surface area contributed by atoms with Gasteiger partial charge in [0.05, 0.1) is 5.92 Å². The lowest BCUT2D eigenvalue weighted by Gasteiger charge is -2.38. The van der Waals surface area contributed by atoms with Gasteiger partial charge in [0.2, 0.25) is 0 Å². The SMILES string of the molecule is CCC(CC)C(=O)OC1CN(CC)C1. The Hall–Kier alpha value is -0.570. The molecule has 0 N–H and O–H groups in total. The van der Waals surface area contributed by atoms with Crippen LogP contribution in [0, 0.1) is 5.92 Å². The van der Waals surface area contributed by atoms with E-state index in [1.807, 2.05) is 13.8 Å². The molecule has 0 spiro atoms. The van der Waals surface area contributed by atoms with E-state index in [1.165, 1.54) is 0 Å². The van der Waals surface area contributed by atoms with Crippen LogP contribution in [0.2, 0.25) is 0 Å². The minimum Gasteiger partial charge on any atom is -0.459 e. The van der Waals surface area contributed by atoms with Crippen molar-refractivity contribution in [3.8, 4) is 0 Å². The predicted molar refractivity (Wildman–Crippen MR) is 56.1 cm³/mol. The summed E-state index contributed by atoms with van der Waals surface area (Å²) in [6.07, 6.45) is 1.93. The van der Waals surface area contributed by atoms with Crippen LogP contribution in [-0.4, -0.2) is 36.6 Å². The molecule has 3 heteroatoms. The molecule has 1 aliphatic heterocycles. The molecule has 1 aliphatic rings. The standard InChI is InChI=1S/C11H21NO2/c1-4-9(5-2)11(13)14-10-7-12(6-3)8-10/h9-10H,4-8H2,1-3H3. The molecule has 0 radical (unpaired) electrons. The van der Waals surface area contributed by atoms with E-state index in [1.54, 1.807) is 0 Å². The number of carbonyl (C=O) groups is 1. The summed E-state index contributed by atoms with van der Waals surface area (Å²) in [6, 6.07) is 0. The first-order chi connectivity index (χ1) is 6.71. The summed E-state index contributed by atoms with van der Waals surface area (Å²) in [7, 11) is 0. The number of likely N-dealkylation sites (tertiary alicyclic amines) is 1.